The highest BCUT2D eigenvalue weighted by Gasteiger charge is 1.96. The van der Waals surface area contributed by atoms with Crippen molar-refractivity contribution in [2.45, 2.75) is 0 Å². The van der Waals surface area contributed by atoms with Gasteiger partial charge in [0.2, 0.25) is 0 Å². The summed E-state index contributed by atoms with van der Waals surface area (Å²) < 4.78 is 0. The maximum atomic E-state index is 4.37. The minimum absolute atomic E-state index is 1.14. The van der Waals surface area contributed by atoms with Gasteiger partial charge in [0.1, 0.15) is 15.7 Å². The van der Waals surface area contributed by atoms with E-state index >= 15 is 0 Å². The summed E-state index contributed by atoms with van der Waals surface area (Å²) in [6, 6.07) is 2.18. The minimum Gasteiger partial charge on any atom is -0.281 e. The monoisotopic (exact) mass is 127 g/mol. The molecule has 0 N–H and O–H groups in total. The smallest absolute Gasteiger partial charge is 0.163 e. The van der Waals surface area contributed by atoms with E-state index in [1.54, 1.807) is 0 Å². The van der Waals surface area contributed by atoms with Crippen LogP contribution in [0.25, 0.3) is 0 Å². The highest BCUT2D eigenvalue weighted by Crippen LogP contribution is 1.60. The Labute approximate surface area is 65.3 Å². The summed E-state index contributed by atoms with van der Waals surface area (Å²) in [7, 11) is 8.27. The van der Waals surface area contributed by atoms with Crippen molar-refractivity contribution in [2.24, 2.45) is 0 Å². The zero-order valence-electron chi connectivity index (χ0n) is 7.02. The summed E-state index contributed by atoms with van der Waals surface area (Å²) >= 11 is 0. The Balaban J connectivity index is 3.28. The van der Waals surface area contributed by atoms with Crippen LogP contribution in [0.3, 0.4) is 0 Å². The van der Waals surface area contributed by atoms with Gasteiger partial charge in [-0.1, -0.05) is 17.0 Å². The number of aromatic nitrogens is 1. The number of hydrogen-bond acceptors (Lipinski definition) is 1. The fourth-order valence-electron chi connectivity index (χ4n) is 0.962. The zero-order valence-corrected chi connectivity index (χ0v) is 7.02. The van der Waals surface area contributed by atoms with Crippen LogP contribution < -0.4 is 22.1 Å². The summed E-state index contributed by atoms with van der Waals surface area (Å²) in [5.74, 6) is 0. The molecule has 1 nitrogen and oxygen atoms in total. The molecule has 10 heavy (non-hydrogen) atoms. The Bertz CT molecular complexity index is 210. The summed E-state index contributed by atoms with van der Waals surface area (Å²) in [6.45, 7) is 0. The van der Waals surface area contributed by atoms with E-state index in [2.05, 4.69) is 26.7 Å². The molecule has 1 rings (SSSR count). The third-order valence-electron chi connectivity index (χ3n) is 1.91. The van der Waals surface area contributed by atoms with E-state index in [0.717, 1.165) is 11.2 Å². The number of hydrogen-bond donors (Lipinski definition) is 0. The van der Waals surface area contributed by atoms with Crippen LogP contribution in [-0.2, 0) is 0 Å². The van der Waals surface area contributed by atoms with Gasteiger partial charge in [0.25, 0.3) is 0 Å². The van der Waals surface area contributed by atoms with Gasteiger partial charge in [0.15, 0.2) is 15.7 Å². The Kier molecular flexibility index (Phi) is 1.93. The van der Waals surface area contributed by atoms with E-state index in [1.807, 2.05) is 15.7 Å². The van der Waals surface area contributed by atoms with Crippen LogP contribution in [-0.4, -0.2) is 36.4 Å². The van der Waals surface area contributed by atoms with Gasteiger partial charge in [-0.3, -0.25) is 4.98 Å². The molecule has 0 bridgehead atoms. The fourth-order valence-corrected chi connectivity index (χ4v) is 0.962. The first-order valence-corrected chi connectivity index (χ1v) is 3.52. The third kappa shape index (κ3) is 1.28. The topological polar surface area (TPSA) is 12.9 Å². The number of rotatable bonds is 0. The molecule has 0 aromatic carbocycles. The van der Waals surface area contributed by atoms with Gasteiger partial charge in [0.05, 0.1) is 0 Å². The van der Waals surface area contributed by atoms with E-state index in [0.29, 0.717) is 0 Å². The highest BCUT2D eigenvalue weighted by molar-refractivity contribution is 6.53. The molecule has 0 fully saturated rings. The predicted molar refractivity (Wildman–Crippen MR) is 56.9 cm³/mol. The normalized spacial score (nSPS) is 9.60. The maximum Gasteiger partial charge on any atom is 0.163 e. The van der Waals surface area contributed by atoms with E-state index in [4.69, 9.17) is 0 Å². The molecule has 0 radical (unpaired) electrons. The molecule has 0 saturated carbocycles. The molecule has 1 aromatic heterocycles. The molecular weight excluding hydrogens is 117 g/mol. The van der Waals surface area contributed by atoms with Gasteiger partial charge in [-0.05, 0) is 11.2 Å². The van der Waals surface area contributed by atoms with Crippen LogP contribution in [0, 0.1) is 0 Å². The van der Waals surface area contributed by atoms with Gasteiger partial charge >= 0.3 is 0 Å². The van der Waals surface area contributed by atoms with Gasteiger partial charge in [-0.15, -0.1) is 0 Å². The van der Waals surface area contributed by atoms with Crippen molar-refractivity contribution in [1.82, 2.24) is 4.98 Å². The largest absolute Gasteiger partial charge is 0.281 e. The first kappa shape index (κ1) is 7.52. The molecule has 0 aliphatic heterocycles. The molecule has 46 valence electrons. The second kappa shape index (κ2) is 2.57. The second-order valence-electron chi connectivity index (χ2n) is 2.79. The lowest BCUT2D eigenvalue weighted by Gasteiger charge is -2.04. The minimum atomic E-state index is 1.14. The molecule has 0 aliphatic rings. The Morgan fingerprint density at radius 2 is 1.30 bits per heavy atom. The van der Waals surface area contributed by atoms with Crippen molar-refractivity contribution < 1.29 is 0 Å². The van der Waals surface area contributed by atoms with Gasteiger partial charge in [-0.25, -0.2) is 0 Å². The molecule has 1 aromatic rings. The van der Waals surface area contributed by atoms with Crippen LogP contribution in [0.4, 0.5) is 0 Å². The summed E-state index contributed by atoms with van der Waals surface area (Å²) in [5.41, 5.74) is 4.84. The van der Waals surface area contributed by atoms with Crippen molar-refractivity contribution in [3.05, 3.63) is 6.07 Å². The average molecular weight is 126 g/mol. The maximum absolute atomic E-state index is 4.37. The molecule has 5 heteroatoms. The van der Waals surface area contributed by atoms with E-state index in [9.17, 15) is 0 Å². The van der Waals surface area contributed by atoms with E-state index < -0.39 is 0 Å². The lowest BCUT2D eigenvalue weighted by atomic mass is 9.77. The average Bonchev–Trinajstić information content (AvgIpc) is 1.84. The van der Waals surface area contributed by atoms with Crippen LogP contribution in [0.5, 0.6) is 0 Å². The van der Waals surface area contributed by atoms with Crippen LogP contribution in [0.2, 0.25) is 0 Å². The summed E-state index contributed by atoms with van der Waals surface area (Å²) in [4.78, 5) is 4.37. The summed E-state index contributed by atoms with van der Waals surface area (Å²) in [6.07, 6.45) is 0. The lowest BCUT2D eigenvalue weighted by Crippen LogP contribution is -2.43. The molecule has 0 saturated heterocycles. The van der Waals surface area contributed by atoms with Gasteiger partial charge in [-0.2, -0.15) is 0 Å². The Hall–Kier alpha value is -0.590. The van der Waals surface area contributed by atoms with Crippen molar-refractivity contribution >= 4 is 53.5 Å². The quantitative estimate of drug-likeness (QED) is 0.316. The molecule has 0 spiro atoms. The van der Waals surface area contributed by atoms with Crippen LogP contribution in [0.15, 0.2) is 6.07 Å². The standard InChI is InChI=1S/C5H9B4N/c6-2-1-3(7)5(9)10-4(2)8/h1H,6-9H2. The summed E-state index contributed by atoms with van der Waals surface area (Å²) in [5, 5.41) is 0. The molecule has 1 heterocycles. The fraction of sp³-hybridized carbons (Fsp3) is 0. The highest BCUT2D eigenvalue weighted by atomic mass is 14.7. The number of nitrogens with zero attached hydrogens (tertiary/aromatic N) is 1. The molecule has 0 aliphatic carbocycles. The lowest BCUT2D eigenvalue weighted by molar-refractivity contribution is 1.50. The van der Waals surface area contributed by atoms with Gasteiger partial charge in [0, 0.05) is 0 Å². The number of pyridine rings is 1. The van der Waals surface area contributed by atoms with Crippen molar-refractivity contribution in [1.29, 1.82) is 0 Å². The zero-order chi connectivity index (χ0) is 7.72. The molecule has 0 unspecified atom stereocenters. The molecular formula is C5H9B4N. The Morgan fingerprint density at radius 3 is 1.60 bits per heavy atom. The van der Waals surface area contributed by atoms with E-state index in [-0.39, 0.29) is 0 Å². The van der Waals surface area contributed by atoms with Crippen molar-refractivity contribution in [2.75, 3.05) is 0 Å². The van der Waals surface area contributed by atoms with Gasteiger partial charge < -0.3 is 0 Å². The third-order valence-corrected chi connectivity index (χ3v) is 1.91. The van der Waals surface area contributed by atoms with Crippen LogP contribution >= 0.6 is 0 Å². The Morgan fingerprint density at radius 1 is 0.900 bits per heavy atom. The van der Waals surface area contributed by atoms with E-state index in [1.165, 1.54) is 10.9 Å². The predicted octanol–water partition coefficient (Wildman–Crippen LogP) is -5.88. The first-order valence-electron chi connectivity index (χ1n) is 3.52. The van der Waals surface area contributed by atoms with Crippen molar-refractivity contribution in [3.63, 3.8) is 0 Å². The van der Waals surface area contributed by atoms with Crippen molar-refractivity contribution in [3.8, 4) is 0 Å². The SMILES string of the molecule is Bc1cc(B)c(B)nc1B. The van der Waals surface area contributed by atoms with Crippen LogP contribution in [0.1, 0.15) is 0 Å². The second-order valence-corrected chi connectivity index (χ2v) is 2.79. The first-order chi connectivity index (χ1) is 4.61. The molecule has 0 atom stereocenters. The molecule has 0 amide bonds.